The molecule has 0 saturated carbocycles. The van der Waals surface area contributed by atoms with Gasteiger partial charge in [-0.2, -0.15) is 4.98 Å². The SMILES string of the molecule is COc1nccc(N=CN(C)C)n1. The van der Waals surface area contributed by atoms with E-state index in [0.717, 1.165) is 0 Å². The molecule has 0 atom stereocenters. The van der Waals surface area contributed by atoms with Crippen LogP contribution >= 0.6 is 0 Å². The minimum absolute atomic E-state index is 0.327. The highest BCUT2D eigenvalue weighted by molar-refractivity contribution is 5.58. The van der Waals surface area contributed by atoms with Gasteiger partial charge in [-0.05, 0) is 0 Å². The summed E-state index contributed by atoms with van der Waals surface area (Å²) in [4.78, 5) is 13.8. The molecular weight excluding hydrogens is 168 g/mol. The number of methoxy groups -OCH3 is 1. The van der Waals surface area contributed by atoms with Gasteiger partial charge in [-0.3, -0.25) is 0 Å². The molecular formula is C8H12N4O. The molecule has 0 aromatic carbocycles. The number of hydrogen-bond donors (Lipinski definition) is 0. The molecule has 1 aromatic heterocycles. The van der Waals surface area contributed by atoms with Crippen molar-refractivity contribution in [2.75, 3.05) is 21.2 Å². The van der Waals surface area contributed by atoms with Crippen LogP contribution in [0.2, 0.25) is 0 Å². The van der Waals surface area contributed by atoms with Crippen LogP contribution in [0.25, 0.3) is 0 Å². The average molecular weight is 180 g/mol. The molecule has 1 aromatic rings. The van der Waals surface area contributed by atoms with Gasteiger partial charge in [0.15, 0.2) is 5.82 Å². The van der Waals surface area contributed by atoms with E-state index in [-0.39, 0.29) is 0 Å². The Kier molecular flexibility index (Phi) is 3.19. The molecule has 0 fully saturated rings. The fourth-order valence-electron chi connectivity index (χ4n) is 0.677. The largest absolute Gasteiger partial charge is 0.467 e. The zero-order valence-electron chi connectivity index (χ0n) is 7.93. The van der Waals surface area contributed by atoms with Crippen LogP contribution in [-0.4, -0.2) is 42.4 Å². The zero-order valence-corrected chi connectivity index (χ0v) is 7.93. The second-order valence-corrected chi connectivity index (χ2v) is 2.61. The summed E-state index contributed by atoms with van der Waals surface area (Å²) in [6, 6.07) is 2.04. The number of rotatable bonds is 3. The molecule has 1 rings (SSSR count). The Hall–Kier alpha value is -1.65. The highest BCUT2D eigenvalue weighted by Crippen LogP contribution is 2.09. The molecule has 0 unspecified atom stereocenters. The Morgan fingerprint density at radius 1 is 1.54 bits per heavy atom. The summed E-state index contributed by atoms with van der Waals surface area (Å²) in [5.41, 5.74) is 0. The molecule has 0 aliphatic heterocycles. The number of ether oxygens (including phenoxy) is 1. The first kappa shape index (κ1) is 9.44. The highest BCUT2D eigenvalue weighted by atomic mass is 16.5. The molecule has 0 bridgehead atoms. The van der Waals surface area contributed by atoms with E-state index < -0.39 is 0 Å². The molecule has 0 amide bonds. The van der Waals surface area contributed by atoms with E-state index in [2.05, 4.69) is 15.0 Å². The monoisotopic (exact) mass is 180 g/mol. The lowest BCUT2D eigenvalue weighted by molar-refractivity contribution is 0.380. The molecule has 0 N–H and O–H groups in total. The van der Waals surface area contributed by atoms with Gasteiger partial charge in [0.05, 0.1) is 13.4 Å². The Labute approximate surface area is 77.1 Å². The first-order valence-electron chi connectivity index (χ1n) is 3.80. The first-order valence-corrected chi connectivity index (χ1v) is 3.80. The van der Waals surface area contributed by atoms with Gasteiger partial charge in [0.1, 0.15) is 0 Å². The Morgan fingerprint density at radius 2 is 2.31 bits per heavy atom. The Morgan fingerprint density at radius 3 is 2.92 bits per heavy atom. The van der Waals surface area contributed by atoms with Crippen LogP contribution in [0.4, 0.5) is 5.82 Å². The summed E-state index contributed by atoms with van der Waals surface area (Å²) >= 11 is 0. The molecule has 0 spiro atoms. The molecule has 0 aliphatic rings. The molecule has 13 heavy (non-hydrogen) atoms. The van der Waals surface area contributed by atoms with Gasteiger partial charge in [0, 0.05) is 26.4 Å². The van der Waals surface area contributed by atoms with E-state index in [1.54, 1.807) is 18.6 Å². The van der Waals surface area contributed by atoms with Crippen LogP contribution in [0.1, 0.15) is 0 Å². The maximum absolute atomic E-state index is 4.85. The predicted molar refractivity (Wildman–Crippen MR) is 50.4 cm³/mol. The summed E-state index contributed by atoms with van der Waals surface area (Å²) in [6.45, 7) is 0. The highest BCUT2D eigenvalue weighted by Gasteiger charge is 1.94. The van der Waals surface area contributed by atoms with Crippen molar-refractivity contribution >= 4 is 12.2 Å². The standard InChI is InChI=1S/C8H12N4O/c1-12(2)6-10-7-4-5-9-8(11-7)13-3/h4-6H,1-3H3. The second kappa shape index (κ2) is 4.39. The van der Waals surface area contributed by atoms with Crippen LogP contribution in [0.15, 0.2) is 17.3 Å². The molecule has 0 aliphatic carbocycles. The molecule has 0 saturated heterocycles. The fourth-order valence-corrected chi connectivity index (χ4v) is 0.677. The normalized spacial score (nSPS) is 10.4. The summed E-state index contributed by atoms with van der Waals surface area (Å²) in [5, 5.41) is 0. The summed E-state index contributed by atoms with van der Waals surface area (Å²) in [6.07, 6.45) is 3.27. The van der Waals surface area contributed by atoms with Crippen LogP contribution < -0.4 is 4.74 Å². The van der Waals surface area contributed by atoms with E-state index in [1.165, 1.54) is 7.11 Å². The smallest absolute Gasteiger partial charge is 0.318 e. The van der Waals surface area contributed by atoms with Gasteiger partial charge < -0.3 is 9.64 Å². The maximum Gasteiger partial charge on any atom is 0.318 e. The van der Waals surface area contributed by atoms with Crippen LogP contribution in [0, 0.1) is 0 Å². The summed E-state index contributed by atoms with van der Waals surface area (Å²) < 4.78 is 4.85. The lowest BCUT2D eigenvalue weighted by Crippen LogP contribution is -2.07. The van der Waals surface area contributed by atoms with E-state index in [0.29, 0.717) is 11.8 Å². The second-order valence-electron chi connectivity index (χ2n) is 2.61. The number of aromatic nitrogens is 2. The van der Waals surface area contributed by atoms with E-state index >= 15 is 0 Å². The number of hydrogen-bond acceptors (Lipinski definition) is 4. The van der Waals surface area contributed by atoms with Gasteiger partial charge in [-0.15, -0.1) is 0 Å². The lowest BCUT2D eigenvalue weighted by Gasteiger charge is -2.02. The molecule has 5 nitrogen and oxygen atoms in total. The fraction of sp³-hybridized carbons (Fsp3) is 0.375. The average Bonchev–Trinajstić information content (AvgIpc) is 2.15. The van der Waals surface area contributed by atoms with Gasteiger partial charge >= 0.3 is 6.01 Å². The number of aliphatic imine (C=N–C) groups is 1. The topological polar surface area (TPSA) is 50.6 Å². The predicted octanol–water partition coefficient (Wildman–Crippen LogP) is 0.707. The van der Waals surface area contributed by atoms with Crippen molar-refractivity contribution in [1.29, 1.82) is 0 Å². The van der Waals surface area contributed by atoms with Crippen molar-refractivity contribution in [2.24, 2.45) is 4.99 Å². The number of nitrogens with zero attached hydrogens (tertiary/aromatic N) is 4. The van der Waals surface area contributed by atoms with Crippen molar-refractivity contribution in [3.63, 3.8) is 0 Å². The third-order valence-electron chi connectivity index (χ3n) is 1.22. The lowest BCUT2D eigenvalue weighted by atomic mass is 10.6. The molecule has 5 heteroatoms. The van der Waals surface area contributed by atoms with E-state index in [4.69, 9.17) is 4.74 Å². The van der Waals surface area contributed by atoms with Crippen LogP contribution in [0.3, 0.4) is 0 Å². The van der Waals surface area contributed by atoms with Crippen molar-refractivity contribution in [2.45, 2.75) is 0 Å². The quantitative estimate of drug-likeness (QED) is 0.507. The zero-order chi connectivity index (χ0) is 9.68. The Balaban J connectivity index is 2.77. The maximum atomic E-state index is 4.85. The summed E-state index contributed by atoms with van der Waals surface area (Å²) in [7, 11) is 5.30. The third kappa shape index (κ3) is 3.06. The van der Waals surface area contributed by atoms with Gasteiger partial charge in [-0.1, -0.05) is 0 Å². The minimum Gasteiger partial charge on any atom is -0.467 e. The van der Waals surface area contributed by atoms with Crippen molar-refractivity contribution < 1.29 is 4.74 Å². The molecule has 1 heterocycles. The Bertz CT molecular complexity index is 298. The van der Waals surface area contributed by atoms with Gasteiger partial charge in [-0.25, -0.2) is 9.98 Å². The van der Waals surface area contributed by atoms with Crippen molar-refractivity contribution in [1.82, 2.24) is 14.9 Å². The van der Waals surface area contributed by atoms with Crippen LogP contribution in [0.5, 0.6) is 6.01 Å². The molecule has 70 valence electrons. The van der Waals surface area contributed by atoms with Crippen molar-refractivity contribution in [3.8, 4) is 6.01 Å². The van der Waals surface area contributed by atoms with E-state index in [1.807, 2.05) is 19.0 Å². The van der Waals surface area contributed by atoms with Gasteiger partial charge in [0.2, 0.25) is 0 Å². The third-order valence-corrected chi connectivity index (χ3v) is 1.22. The first-order chi connectivity index (χ1) is 6.22. The minimum atomic E-state index is 0.327. The van der Waals surface area contributed by atoms with Gasteiger partial charge in [0.25, 0.3) is 0 Å². The summed E-state index contributed by atoms with van der Waals surface area (Å²) in [5.74, 6) is 0.584. The molecule has 0 radical (unpaired) electrons. The van der Waals surface area contributed by atoms with Crippen LogP contribution in [-0.2, 0) is 0 Å². The van der Waals surface area contributed by atoms with Crippen molar-refractivity contribution in [3.05, 3.63) is 12.3 Å². The van der Waals surface area contributed by atoms with E-state index in [9.17, 15) is 0 Å².